The van der Waals surface area contributed by atoms with Crippen LogP contribution in [0.3, 0.4) is 0 Å². The van der Waals surface area contributed by atoms with Crippen molar-refractivity contribution >= 4 is 10.0 Å². The van der Waals surface area contributed by atoms with Gasteiger partial charge in [-0.1, -0.05) is 12.1 Å². The maximum Gasteiger partial charge on any atom is 0.240 e. The maximum atomic E-state index is 12.2. The molecule has 0 saturated carbocycles. The molecule has 1 heterocycles. The summed E-state index contributed by atoms with van der Waals surface area (Å²) < 4.78 is 27.0. The van der Waals surface area contributed by atoms with Gasteiger partial charge in [0.2, 0.25) is 10.0 Å². The van der Waals surface area contributed by atoms with Gasteiger partial charge >= 0.3 is 0 Å². The first-order chi connectivity index (χ1) is 9.99. The van der Waals surface area contributed by atoms with E-state index in [1.807, 2.05) is 0 Å². The Morgan fingerprint density at radius 3 is 2.71 bits per heavy atom. The molecule has 1 unspecified atom stereocenters. The Labute approximate surface area is 127 Å². The minimum atomic E-state index is -3.49. The van der Waals surface area contributed by atoms with E-state index >= 15 is 0 Å². The average Bonchev–Trinajstić information content (AvgIpc) is 2.97. The van der Waals surface area contributed by atoms with Gasteiger partial charge in [0, 0.05) is 6.54 Å². The molecule has 0 aliphatic carbocycles. The summed E-state index contributed by atoms with van der Waals surface area (Å²) in [6, 6.07) is 6.44. The highest BCUT2D eigenvalue weighted by Crippen LogP contribution is 2.17. The van der Waals surface area contributed by atoms with Gasteiger partial charge in [-0.25, -0.2) is 13.1 Å². The first-order valence-electron chi connectivity index (χ1n) is 7.49. The Morgan fingerprint density at radius 2 is 2.05 bits per heavy atom. The van der Waals surface area contributed by atoms with Crippen LogP contribution in [0.15, 0.2) is 29.2 Å². The van der Waals surface area contributed by atoms with Crippen LogP contribution in [0.5, 0.6) is 0 Å². The molecular weight excluding hydrogens is 288 g/mol. The molecule has 0 amide bonds. The second-order valence-corrected chi connectivity index (χ2v) is 7.32. The Morgan fingerprint density at radius 1 is 1.33 bits per heavy atom. The SMILES string of the molecule is CC(O)c1cccc(S(=O)(=O)NCCCN2CCCC2)c1. The summed E-state index contributed by atoms with van der Waals surface area (Å²) in [5.74, 6) is 0. The van der Waals surface area contributed by atoms with Crippen molar-refractivity contribution in [3.05, 3.63) is 29.8 Å². The van der Waals surface area contributed by atoms with Crippen LogP contribution >= 0.6 is 0 Å². The molecule has 1 fully saturated rings. The van der Waals surface area contributed by atoms with E-state index in [1.165, 1.54) is 18.9 Å². The van der Waals surface area contributed by atoms with Crippen LogP contribution in [-0.2, 0) is 10.0 Å². The van der Waals surface area contributed by atoms with Crippen molar-refractivity contribution in [1.82, 2.24) is 9.62 Å². The molecule has 2 N–H and O–H groups in total. The van der Waals surface area contributed by atoms with Crippen LogP contribution in [0.1, 0.15) is 37.9 Å². The Bertz CT molecular complexity index is 552. The number of nitrogens with one attached hydrogen (secondary N) is 1. The van der Waals surface area contributed by atoms with Crippen molar-refractivity contribution in [3.8, 4) is 0 Å². The third-order valence-corrected chi connectivity index (χ3v) is 5.25. The third-order valence-electron chi connectivity index (χ3n) is 3.79. The molecule has 0 bridgehead atoms. The molecule has 1 aliphatic rings. The van der Waals surface area contributed by atoms with Gasteiger partial charge < -0.3 is 10.0 Å². The van der Waals surface area contributed by atoms with Gasteiger partial charge in [0.25, 0.3) is 0 Å². The Hall–Kier alpha value is -0.950. The normalized spacial score (nSPS) is 18.0. The van der Waals surface area contributed by atoms with Crippen LogP contribution in [-0.4, -0.2) is 44.6 Å². The summed E-state index contributed by atoms with van der Waals surface area (Å²) in [6.45, 7) is 5.26. The van der Waals surface area contributed by atoms with Gasteiger partial charge in [0.1, 0.15) is 0 Å². The van der Waals surface area contributed by atoms with Crippen molar-refractivity contribution in [2.24, 2.45) is 0 Å². The maximum absolute atomic E-state index is 12.2. The van der Waals surface area contributed by atoms with Gasteiger partial charge in [-0.05, 0) is 63.5 Å². The highest BCUT2D eigenvalue weighted by molar-refractivity contribution is 7.89. The number of benzene rings is 1. The monoisotopic (exact) mass is 312 g/mol. The van der Waals surface area contributed by atoms with E-state index in [4.69, 9.17) is 0 Å². The molecule has 1 saturated heterocycles. The predicted molar refractivity (Wildman–Crippen MR) is 82.6 cm³/mol. The highest BCUT2D eigenvalue weighted by Gasteiger charge is 2.15. The van der Waals surface area contributed by atoms with E-state index in [9.17, 15) is 13.5 Å². The Balaban J connectivity index is 1.87. The molecule has 1 aromatic rings. The largest absolute Gasteiger partial charge is 0.389 e. The zero-order valence-electron chi connectivity index (χ0n) is 12.5. The number of nitrogens with zero attached hydrogens (tertiary/aromatic N) is 1. The fraction of sp³-hybridized carbons (Fsp3) is 0.600. The molecule has 1 atom stereocenters. The molecule has 21 heavy (non-hydrogen) atoms. The highest BCUT2D eigenvalue weighted by atomic mass is 32.2. The zero-order chi connectivity index (χ0) is 15.3. The minimum absolute atomic E-state index is 0.210. The molecule has 1 aromatic carbocycles. The number of hydrogen-bond acceptors (Lipinski definition) is 4. The fourth-order valence-corrected chi connectivity index (χ4v) is 3.67. The van der Waals surface area contributed by atoms with Crippen molar-refractivity contribution in [2.75, 3.05) is 26.2 Å². The minimum Gasteiger partial charge on any atom is -0.389 e. The van der Waals surface area contributed by atoms with Crippen molar-refractivity contribution in [3.63, 3.8) is 0 Å². The molecule has 0 aromatic heterocycles. The lowest BCUT2D eigenvalue weighted by Gasteiger charge is -2.14. The van der Waals surface area contributed by atoms with E-state index in [2.05, 4.69) is 9.62 Å². The van der Waals surface area contributed by atoms with E-state index < -0.39 is 16.1 Å². The van der Waals surface area contributed by atoms with Crippen LogP contribution in [0.2, 0.25) is 0 Å². The van der Waals surface area contributed by atoms with Gasteiger partial charge in [-0.3, -0.25) is 0 Å². The van der Waals surface area contributed by atoms with Crippen LogP contribution in [0.4, 0.5) is 0 Å². The molecule has 1 aliphatic heterocycles. The summed E-state index contributed by atoms with van der Waals surface area (Å²) >= 11 is 0. The topological polar surface area (TPSA) is 69.6 Å². The van der Waals surface area contributed by atoms with E-state index in [1.54, 1.807) is 25.1 Å². The average molecular weight is 312 g/mol. The van der Waals surface area contributed by atoms with Gasteiger partial charge in [-0.15, -0.1) is 0 Å². The van der Waals surface area contributed by atoms with Gasteiger partial charge in [0.15, 0.2) is 0 Å². The van der Waals surface area contributed by atoms with Crippen LogP contribution in [0.25, 0.3) is 0 Å². The summed E-state index contributed by atoms with van der Waals surface area (Å²) in [5, 5.41) is 9.53. The molecule has 2 rings (SSSR count). The van der Waals surface area contributed by atoms with Crippen molar-refractivity contribution < 1.29 is 13.5 Å². The molecule has 0 radical (unpaired) electrons. The van der Waals surface area contributed by atoms with E-state index in [0.29, 0.717) is 12.1 Å². The number of hydrogen-bond donors (Lipinski definition) is 2. The van der Waals surface area contributed by atoms with E-state index in [-0.39, 0.29) is 4.90 Å². The molecular formula is C15H24N2O3S. The second-order valence-electron chi connectivity index (χ2n) is 5.55. The lowest BCUT2D eigenvalue weighted by molar-refractivity contribution is 0.199. The van der Waals surface area contributed by atoms with E-state index in [0.717, 1.165) is 26.1 Å². The predicted octanol–water partition coefficient (Wildman–Crippen LogP) is 1.50. The number of rotatable bonds is 7. The molecule has 6 heteroatoms. The number of aliphatic hydroxyl groups is 1. The number of aliphatic hydroxyl groups excluding tert-OH is 1. The standard InChI is InChI=1S/C15H24N2O3S/c1-13(18)14-6-4-7-15(12-14)21(19,20)16-8-5-11-17-9-2-3-10-17/h4,6-7,12-13,16,18H,2-3,5,8-11H2,1H3. The smallest absolute Gasteiger partial charge is 0.240 e. The lowest BCUT2D eigenvalue weighted by Crippen LogP contribution is -2.28. The molecule has 5 nitrogen and oxygen atoms in total. The first kappa shape index (κ1) is 16.4. The Kier molecular flexibility index (Phi) is 5.75. The second kappa shape index (κ2) is 7.35. The van der Waals surface area contributed by atoms with Crippen LogP contribution in [0, 0.1) is 0 Å². The summed E-state index contributed by atoms with van der Waals surface area (Å²) in [7, 11) is -3.49. The van der Waals surface area contributed by atoms with Crippen molar-refractivity contribution in [2.45, 2.75) is 37.2 Å². The quantitative estimate of drug-likeness (QED) is 0.749. The third kappa shape index (κ3) is 4.78. The fourth-order valence-electron chi connectivity index (χ4n) is 2.54. The van der Waals surface area contributed by atoms with Crippen LogP contribution < -0.4 is 4.72 Å². The first-order valence-corrected chi connectivity index (χ1v) is 8.97. The number of sulfonamides is 1. The summed E-state index contributed by atoms with van der Waals surface area (Å²) in [4.78, 5) is 2.57. The number of likely N-dealkylation sites (tertiary alicyclic amines) is 1. The van der Waals surface area contributed by atoms with Gasteiger partial charge in [0.05, 0.1) is 11.0 Å². The summed E-state index contributed by atoms with van der Waals surface area (Å²) in [6.07, 6.45) is 2.64. The molecule has 0 spiro atoms. The zero-order valence-corrected chi connectivity index (χ0v) is 13.3. The van der Waals surface area contributed by atoms with Gasteiger partial charge in [-0.2, -0.15) is 0 Å². The molecule has 118 valence electrons. The van der Waals surface area contributed by atoms with Crippen molar-refractivity contribution in [1.29, 1.82) is 0 Å². The summed E-state index contributed by atoms with van der Waals surface area (Å²) in [5.41, 5.74) is 0.606. The lowest BCUT2D eigenvalue weighted by atomic mass is 10.1.